The lowest BCUT2D eigenvalue weighted by Crippen LogP contribution is -2.62. The van der Waals surface area contributed by atoms with Crippen LogP contribution in [-0.2, 0) is 21.8 Å². The minimum Gasteiger partial charge on any atom is -0.375 e. The van der Waals surface area contributed by atoms with Crippen LogP contribution in [0.3, 0.4) is 0 Å². The van der Waals surface area contributed by atoms with Crippen LogP contribution in [0, 0.1) is 0 Å². The van der Waals surface area contributed by atoms with Crippen molar-refractivity contribution < 1.29 is 17.9 Å². The third-order valence-corrected chi connectivity index (χ3v) is 7.31. The lowest BCUT2D eigenvalue weighted by Gasteiger charge is -2.46. The van der Waals surface area contributed by atoms with Gasteiger partial charge in [-0.25, -0.2) is 13.4 Å². The van der Waals surface area contributed by atoms with Crippen molar-refractivity contribution in [2.45, 2.75) is 36.7 Å². The van der Waals surface area contributed by atoms with E-state index >= 15 is 0 Å². The summed E-state index contributed by atoms with van der Waals surface area (Å²) in [6.45, 7) is 1.63. The van der Waals surface area contributed by atoms with Crippen molar-refractivity contribution >= 4 is 15.9 Å². The van der Waals surface area contributed by atoms with Gasteiger partial charge in [0.1, 0.15) is 6.33 Å². The molecule has 10 heteroatoms. The van der Waals surface area contributed by atoms with Gasteiger partial charge in [0.05, 0.1) is 24.0 Å². The molecule has 0 aromatic carbocycles. The van der Waals surface area contributed by atoms with Gasteiger partial charge < -0.3 is 9.64 Å². The van der Waals surface area contributed by atoms with E-state index in [1.165, 1.54) is 11.0 Å². The molecule has 3 heterocycles. The number of carbonyl (C=O) groups is 1. The maximum atomic E-state index is 12.7. The normalized spacial score (nSPS) is 28.6. The molecule has 1 saturated carbocycles. The predicted molar refractivity (Wildman–Crippen MR) is 83.7 cm³/mol. The van der Waals surface area contributed by atoms with Crippen LogP contribution in [0.2, 0.25) is 0 Å². The molecule has 3 fully saturated rings. The standard InChI is InChI=1S/C14H21N5O4S/c1-17-9-15-13(16-17)14(20)18-5-4-12-11(8-18)19(6-7-23-12)24(21,22)10-2-3-10/h9-12H,2-8H2,1H3/t11-,12-/m0/s1. The maximum Gasteiger partial charge on any atom is 0.293 e. The van der Waals surface area contributed by atoms with Crippen molar-refractivity contribution in [3.8, 4) is 0 Å². The van der Waals surface area contributed by atoms with Crippen LogP contribution in [0.25, 0.3) is 0 Å². The van der Waals surface area contributed by atoms with Gasteiger partial charge in [-0.1, -0.05) is 0 Å². The Balaban J connectivity index is 1.54. The van der Waals surface area contributed by atoms with Gasteiger partial charge in [0.25, 0.3) is 5.91 Å². The predicted octanol–water partition coefficient (Wildman–Crippen LogP) is -0.777. The van der Waals surface area contributed by atoms with Crippen LogP contribution < -0.4 is 0 Å². The number of hydrogen-bond donors (Lipinski definition) is 0. The van der Waals surface area contributed by atoms with E-state index in [0.29, 0.717) is 32.7 Å². The van der Waals surface area contributed by atoms with Crippen LogP contribution in [0.5, 0.6) is 0 Å². The molecule has 4 rings (SSSR count). The Morgan fingerprint density at radius 1 is 1.29 bits per heavy atom. The highest BCUT2D eigenvalue weighted by molar-refractivity contribution is 7.90. The van der Waals surface area contributed by atoms with Crippen molar-refractivity contribution in [1.82, 2.24) is 24.0 Å². The first-order chi connectivity index (χ1) is 11.5. The van der Waals surface area contributed by atoms with E-state index in [1.54, 1.807) is 16.3 Å². The van der Waals surface area contributed by atoms with Gasteiger partial charge in [-0.2, -0.15) is 4.31 Å². The SMILES string of the molecule is Cn1cnc(C(=O)N2CC[C@@H]3OCCN(S(=O)(=O)C4CC4)[C@H]3C2)n1. The summed E-state index contributed by atoms with van der Waals surface area (Å²) in [5.41, 5.74) is 0. The van der Waals surface area contributed by atoms with Crippen LogP contribution >= 0.6 is 0 Å². The number of amides is 1. The molecule has 1 amide bonds. The Kier molecular flexibility index (Phi) is 3.85. The molecule has 0 spiro atoms. The highest BCUT2D eigenvalue weighted by Gasteiger charge is 2.48. The Bertz CT molecular complexity index is 744. The van der Waals surface area contributed by atoms with Crippen molar-refractivity contribution in [2.24, 2.45) is 7.05 Å². The number of piperidine rings is 1. The van der Waals surface area contributed by atoms with Gasteiger partial charge in [0.15, 0.2) is 0 Å². The Labute approximate surface area is 140 Å². The third-order valence-electron chi connectivity index (χ3n) is 4.88. The first kappa shape index (κ1) is 16.0. The maximum absolute atomic E-state index is 12.7. The summed E-state index contributed by atoms with van der Waals surface area (Å²) in [6.07, 6.45) is 3.43. The molecular formula is C14H21N5O4S. The summed E-state index contributed by atoms with van der Waals surface area (Å²) in [5.74, 6) is -0.118. The minimum atomic E-state index is -3.29. The quantitative estimate of drug-likeness (QED) is 0.706. The number of likely N-dealkylation sites (tertiary alicyclic amines) is 1. The smallest absolute Gasteiger partial charge is 0.293 e. The Morgan fingerprint density at radius 2 is 2.08 bits per heavy atom. The van der Waals surface area contributed by atoms with Crippen molar-refractivity contribution in [2.75, 3.05) is 26.2 Å². The summed E-state index contributed by atoms with van der Waals surface area (Å²) in [5, 5.41) is 3.80. The average molecular weight is 355 g/mol. The third kappa shape index (κ3) is 2.72. The van der Waals surface area contributed by atoms with E-state index in [4.69, 9.17) is 4.74 Å². The second-order valence-corrected chi connectivity index (χ2v) is 8.78. The molecule has 2 aliphatic heterocycles. The second kappa shape index (κ2) is 5.78. The van der Waals surface area contributed by atoms with Gasteiger partial charge >= 0.3 is 0 Å². The zero-order valence-electron chi connectivity index (χ0n) is 13.5. The molecular weight excluding hydrogens is 334 g/mol. The fraction of sp³-hybridized carbons (Fsp3) is 0.786. The monoisotopic (exact) mass is 355 g/mol. The summed E-state index contributed by atoms with van der Waals surface area (Å²) < 4.78 is 34.2. The molecule has 0 radical (unpaired) electrons. The molecule has 24 heavy (non-hydrogen) atoms. The summed E-state index contributed by atoms with van der Waals surface area (Å²) in [6, 6.07) is -0.314. The van der Waals surface area contributed by atoms with Crippen molar-refractivity contribution in [1.29, 1.82) is 0 Å². The number of hydrogen-bond acceptors (Lipinski definition) is 6. The average Bonchev–Trinajstić information content (AvgIpc) is 3.36. The van der Waals surface area contributed by atoms with E-state index in [-0.39, 0.29) is 29.1 Å². The van der Waals surface area contributed by atoms with Gasteiger partial charge in [-0.3, -0.25) is 9.48 Å². The van der Waals surface area contributed by atoms with E-state index in [0.717, 1.165) is 12.8 Å². The summed E-state index contributed by atoms with van der Waals surface area (Å²) in [7, 11) is -1.59. The van der Waals surface area contributed by atoms with E-state index < -0.39 is 10.0 Å². The number of aromatic nitrogens is 3. The lowest BCUT2D eigenvalue weighted by atomic mass is 10.0. The van der Waals surface area contributed by atoms with Crippen molar-refractivity contribution in [3.63, 3.8) is 0 Å². The molecule has 9 nitrogen and oxygen atoms in total. The number of ether oxygens (including phenoxy) is 1. The van der Waals surface area contributed by atoms with Crippen LogP contribution in [-0.4, -0.2) is 81.9 Å². The molecule has 0 unspecified atom stereocenters. The Hall–Kier alpha value is -1.52. The molecule has 3 aliphatic rings. The van der Waals surface area contributed by atoms with Crippen LogP contribution in [0.15, 0.2) is 6.33 Å². The number of rotatable bonds is 3. The van der Waals surface area contributed by atoms with E-state index in [9.17, 15) is 13.2 Å². The molecule has 0 N–H and O–H groups in total. The fourth-order valence-corrected chi connectivity index (χ4v) is 5.50. The number of aryl methyl sites for hydroxylation is 1. The first-order valence-electron chi connectivity index (χ1n) is 8.24. The lowest BCUT2D eigenvalue weighted by molar-refractivity contribution is -0.0708. The first-order valence-corrected chi connectivity index (χ1v) is 9.74. The van der Waals surface area contributed by atoms with Crippen LogP contribution in [0.4, 0.5) is 0 Å². The number of sulfonamides is 1. The number of nitrogens with zero attached hydrogens (tertiary/aromatic N) is 5. The highest BCUT2D eigenvalue weighted by atomic mass is 32.2. The zero-order valence-corrected chi connectivity index (χ0v) is 14.4. The number of morpholine rings is 1. The highest BCUT2D eigenvalue weighted by Crippen LogP contribution is 2.35. The van der Waals surface area contributed by atoms with Gasteiger partial charge in [0, 0.05) is 26.7 Å². The van der Waals surface area contributed by atoms with E-state index in [2.05, 4.69) is 10.1 Å². The molecule has 132 valence electrons. The topological polar surface area (TPSA) is 97.6 Å². The zero-order chi connectivity index (χ0) is 16.9. The number of fused-ring (bicyclic) bond motifs is 1. The van der Waals surface area contributed by atoms with E-state index in [1.807, 2.05) is 0 Å². The minimum absolute atomic E-state index is 0.143. The van der Waals surface area contributed by atoms with Crippen molar-refractivity contribution in [3.05, 3.63) is 12.2 Å². The molecule has 1 aromatic heterocycles. The largest absolute Gasteiger partial charge is 0.375 e. The van der Waals surface area contributed by atoms with Gasteiger partial charge in [-0.05, 0) is 19.3 Å². The van der Waals surface area contributed by atoms with Gasteiger partial charge in [0.2, 0.25) is 15.8 Å². The molecule has 2 saturated heterocycles. The fourth-order valence-electron chi connectivity index (χ4n) is 3.48. The number of carbonyl (C=O) groups excluding carboxylic acids is 1. The Morgan fingerprint density at radius 3 is 2.75 bits per heavy atom. The molecule has 0 bridgehead atoms. The molecule has 2 atom stereocenters. The molecule has 1 aliphatic carbocycles. The summed E-state index contributed by atoms with van der Waals surface area (Å²) in [4.78, 5) is 18.2. The second-order valence-electron chi connectivity index (χ2n) is 6.61. The van der Waals surface area contributed by atoms with Crippen LogP contribution in [0.1, 0.15) is 29.9 Å². The van der Waals surface area contributed by atoms with Gasteiger partial charge in [-0.15, -0.1) is 5.10 Å². The molecule has 1 aromatic rings. The summed E-state index contributed by atoms with van der Waals surface area (Å²) >= 11 is 0.